The summed E-state index contributed by atoms with van der Waals surface area (Å²) in [5.74, 6) is 0.690. The first kappa shape index (κ1) is 11.0. The number of nitrogens with two attached hydrogens (primary N) is 1. The number of aryl methyl sites for hydroxylation is 1. The van der Waals surface area contributed by atoms with Crippen LogP contribution in [0.4, 0.5) is 0 Å². The summed E-state index contributed by atoms with van der Waals surface area (Å²) >= 11 is 0. The van der Waals surface area contributed by atoms with Crippen molar-refractivity contribution in [2.24, 2.45) is 5.73 Å². The Hall–Kier alpha value is -1.06. The molecule has 0 spiro atoms. The Morgan fingerprint density at radius 3 is 2.57 bits per heavy atom. The van der Waals surface area contributed by atoms with Crippen LogP contribution in [0.3, 0.4) is 0 Å². The fourth-order valence-corrected chi connectivity index (χ4v) is 1.47. The lowest BCUT2D eigenvalue weighted by molar-refractivity contribution is 0.149. The molecular weight excluding hydrogens is 178 g/mol. The van der Waals surface area contributed by atoms with Gasteiger partial charge in [-0.05, 0) is 25.5 Å². The third-order valence-electron chi connectivity index (χ3n) is 2.30. The van der Waals surface area contributed by atoms with Gasteiger partial charge in [0.05, 0.1) is 13.2 Å². The van der Waals surface area contributed by atoms with E-state index in [-0.39, 0.29) is 6.04 Å². The van der Waals surface area contributed by atoms with Crippen molar-refractivity contribution in [3.63, 3.8) is 0 Å². The Bertz CT molecular complexity index is 310. The Balaban J connectivity index is 3.16. The van der Waals surface area contributed by atoms with Gasteiger partial charge in [-0.1, -0.05) is 12.1 Å². The van der Waals surface area contributed by atoms with Crippen LogP contribution in [-0.4, -0.2) is 18.3 Å². The standard InChI is InChI=1S/C11H17NO2/c1-7-5-4-6-9(14-3)10(7)11(13)8(2)12/h4-6,8,11,13H,12H2,1-3H3. The van der Waals surface area contributed by atoms with Crippen LogP contribution < -0.4 is 10.5 Å². The van der Waals surface area contributed by atoms with Gasteiger partial charge in [-0.25, -0.2) is 0 Å². The Morgan fingerprint density at radius 2 is 2.07 bits per heavy atom. The molecule has 2 atom stereocenters. The average Bonchev–Trinajstić information content (AvgIpc) is 2.16. The summed E-state index contributed by atoms with van der Waals surface area (Å²) in [5, 5.41) is 9.89. The fourth-order valence-electron chi connectivity index (χ4n) is 1.47. The second-order valence-corrected chi connectivity index (χ2v) is 3.49. The van der Waals surface area contributed by atoms with Gasteiger partial charge in [-0.15, -0.1) is 0 Å². The van der Waals surface area contributed by atoms with Crippen molar-refractivity contribution in [3.05, 3.63) is 29.3 Å². The molecule has 0 aliphatic heterocycles. The monoisotopic (exact) mass is 195 g/mol. The van der Waals surface area contributed by atoms with Crippen molar-refractivity contribution in [1.82, 2.24) is 0 Å². The highest BCUT2D eigenvalue weighted by Crippen LogP contribution is 2.29. The van der Waals surface area contributed by atoms with Crippen molar-refractivity contribution in [2.75, 3.05) is 7.11 Å². The highest BCUT2D eigenvalue weighted by atomic mass is 16.5. The van der Waals surface area contributed by atoms with E-state index in [1.165, 1.54) is 0 Å². The van der Waals surface area contributed by atoms with Crippen LogP contribution in [0.25, 0.3) is 0 Å². The van der Waals surface area contributed by atoms with Crippen molar-refractivity contribution in [3.8, 4) is 5.75 Å². The molecule has 1 rings (SSSR count). The zero-order valence-corrected chi connectivity index (χ0v) is 8.82. The van der Waals surface area contributed by atoms with E-state index in [2.05, 4.69) is 0 Å². The summed E-state index contributed by atoms with van der Waals surface area (Å²) in [6.45, 7) is 3.71. The first-order valence-corrected chi connectivity index (χ1v) is 4.65. The van der Waals surface area contributed by atoms with Gasteiger partial charge in [0.25, 0.3) is 0 Å². The number of hydrogen-bond donors (Lipinski definition) is 2. The van der Waals surface area contributed by atoms with Crippen LogP contribution in [0.1, 0.15) is 24.2 Å². The summed E-state index contributed by atoms with van der Waals surface area (Å²) in [6.07, 6.45) is -0.675. The van der Waals surface area contributed by atoms with Crippen LogP contribution >= 0.6 is 0 Å². The van der Waals surface area contributed by atoms with Gasteiger partial charge in [0, 0.05) is 11.6 Å². The quantitative estimate of drug-likeness (QED) is 0.766. The number of aliphatic hydroxyl groups is 1. The fraction of sp³-hybridized carbons (Fsp3) is 0.455. The van der Waals surface area contributed by atoms with Gasteiger partial charge >= 0.3 is 0 Å². The third-order valence-corrected chi connectivity index (χ3v) is 2.30. The number of benzene rings is 1. The van der Waals surface area contributed by atoms with Crippen molar-refractivity contribution >= 4 is 0 Å². The molecule has 0 aliphatic rings. The maximum absolute atomic E-state index is 9.89. The Morgan fingerprint density at radius 1 is 1.43 bits per heavy atom. The lowest BCUT2D eigenvalue weighted by Gasteiger charge is -2.19. The Labute approximate surface area is 84.5 Å². The molecule has 0 aliphatic carbocycles. The molecule has 1 aromatic rings. The average molecular weight is 195 g/mol. The van der Waals surface area contributed by atoms with E-state index in [1.54, 1.807) is 14.0 Å². The SMILES string of the molecule is COc1cccc(C)c1C(O)C(C)N. The van der Waals surface area contributed by atoms with E-state index in [1.807, 2.05) is 25.1 Å². The summed E-state index contributed by atoms with van der Waals surface area (Å²) in [4.78, 5) is 0. The number of ether oxygens (including phenoxy) is 1. The second-order valence-electron chi connectivity index (χ2n) is 3.49. The minimum atomic E-state index is -0.675. The molecule has 0 aromatic heterocycles. The maximum atomic E-state index is 9.89. The van der Waals surface area contributed by atoms with Crippen LogP contribution in [-0.2, 0) is 0 Å². The van der Waals surface area contributed by atoms with Crippen LogP contribution in [0.15, 0.2) is 18.2 Å². The second kappa shape index (κ2) is 4.44. The lowest BCUT2D eigenvalue weighted by Crippen LogP contribution is -2.25. The third kappa shape index (κ3) is 2.05. The highest BCUT2D eigenvalue weighted by molar-refractivity contribution is 5.41. The topological polar surface area (TPSA) is 55.5 Å². The van der Waals surface area contributed by atoms with Crippen LogP contribution in [0.5, 0.6) is 5.75 Å². The smallest absolute Gasteiger partial charge is 0.124 e. The van der Waals surface area contributed by atoms with Gasteiger partial charge in [-0.3, -0.25) is 0 Å². The molecule has 0 heterocycles. The highest BCUT2D eigenvalue weighted by Gasteiger charge is 2.18. The molecule has 14 heavy (non-hydrogen) atoms. The lowest BCUT2D eigenvalue weighted by atomic mass is 9.98. The molecule has 1 aromatic carbocycles. The van der Waals surface area contributed by atoms with Crippen molar-refractivity contribution < 1.29 is 9.84 Å². The molecule has 0 bridgehead atoms. The minimum absolute atomic E-state index is 0.301. The molecule has 78 valence electrons. The van der Waals surface area contributed by atoms with Gasteiger partial charge in [0.1, 0.15) is 5.75 Å². The van der Waals surface area contributed by atoms with Gasteiger partial charge in [-0.2, -0.15) is 0 Å². The number of methoxy groups -OCH3 is 1. The molecule has 0 radical (unpaired) electrons. The normalized spacial score (nSPS) is 14.9. The first-order valence-electron chi connectivity index (χ1n) is 4.65. The summed E-state index contributed by atoms with van der Waals surface area (Å²) in [5.41, 5.74) is 7.43. The van der Waals surface area contributed by atoms with Crippen LogP contribution in [0, 0.1) is 6.92 Å². The molecule has 0 saturated carbocycles. The van der Waals surface area contributed by atoms with E-state index in [0.29, 0.717) is 5.75 Å². The maximum Gasteiger partial charge on any atom is 0.124 e. The number of rotatable bonds is 3. The zero-order chi connectivity index (χ0) is 10.7. The van der Waals surface area contributed by atoms with Crippen LogP contribution in [0.2, 0.25) is 0 Å². The first-order chi connectivity index (χ1) is 6.57. The summed E-state index contributed by atoms with van der Waals surface area (Å²) in [6, 6.07) is 5.35. The molecule has 3 nitrogen and oxygen atoms in total. The molecule has 0 fully saturated rings. The minimum Gasteiger partial charge on any atom is -0.496 e. The van der Waals surface area contributed by atoms with Crippen molar-refractivity contribution in [2.45, 2.75) is 26.0 Å². The largest absolute Gasteiger partial charge is 0.496 e. The molecule has 0 saturated heterocycles. The molecule has 2 unspecified atom stereocenters. The summed E-state index contributed by atoms with van der Waals surface area (Å²) < 4.78 is 5.18. The molecule has 0 amide bonds. The molecule has 3 N–H and O–H groups in total. The number of hydrogen-bond acceptors (Lipinski definition) is 3. The van der Waals surface area contributed by atoms with E-state index in [0.717, 1.165) is 11.1 Å². The predicted molar refractivity (Wildman–Crippen MR) is 56.3 cm³/mol. The van der Waals surface area contributed by atoms with Gasteiger partial charge in [0.15, 0.2) is 0 Å². The molecule has 3 heteroatoms. The van der Waals surface area contributed by atoms with Gasteiger partial charge < -0.3 is 15.6 Å². The van der Waals surface area contributed by atoms with Gasteiger partial charge in [0.2, 0.25) is 0 Å². The van der Waals surface area contributed by atoms with E-state index in [4.69, 9.17) is 10.5 Å². The van der Waals surface area contributed by atoms with Crippen molar-refractivity contribution in [1.29, 1.82) is 0 Å². The summed E-state index contributed by atoms with van der Waals surface area (Å²) in [7, 11) is 1.59. The Kier molecular flexibility index (Phi) is 3.49. The van der Waals surface area contributed by atoms with E-state index < -0.39 is 6.10 Å². The predicted octanol–water partition coefficient (Wildman–Crippen LogP) is 1.38. The number of aliphatic hydroxyl groups excluding tert-OH is 1. The zero-order valence-electron chi connectivity index (χ0n) is 8.82. The molecular formula is C11H17NO2. The van der Waals surface area contributed by atoms with E-state index >= 15 is 0 Å². The van der Waals surface area contributed by atoms with E-state index in [9.17, 15) is 5.11 Å².